The summed E-state index contributed by atoms with van der Waals surface area (Å²) in [5.41, 5.74) is 5.80. The van der Waals surface area contributed by atoms with Gasteiger partial charge < -0.3 is 11.1 Å². The number of amides is 1. The van der Waals surface area contributed by atoms with E-state index in [0.29, 0.717) is 24.3 Å². The highest BCUT2D eigenvalue weighted by atomic mass is 32.1. The molecule has 1 fully saturated rings. The van der Waals surface area contributed by atoms with Crippen molar-refractivity contribution in [3.63, 3.8) is 0 Å². The summed E-state index contributed by atoms with van der Waals surface area (Å²) in [7, 11) is 0. The molecule has 1 aliphatic carbocycles. The van der Waals surface area contributed by atoms with E-state index >= 15 is 0 Å². The second kappa shape index (κ2) is 6.31. The SMILES string of the molecule is CC(N)c1nc(C(=O)NC2CCCCC2C(F)(F)F)cs1. The minimum atomic E-state index is -4.28. The van der Waals surface area contributed by atoms with Gasteiger partial charge in [-0.25, -0.2) is 4.98 Å². The molecule has 21 heavy (non-hydrogen) atoms. The average molecular weight is 321 g/mol. The molecule has 0 radical (unpaired) electrons. The van der Waals surface area contributed by atoms with Crippen LogP contribution in [0.4, 0.5) is 13.2 Å². The largest absolute Gasteiger partial charge is 0.393 e. The predicted octanol–water partition coefficient (Wildman–Crippen LogP) is 3.01. The van der Waals surface area contributed by atoms with Crippen LogP contribution in [0.1, 0.15) is 54.1 Å². The van der Waals surface area contributed by atoms with Crippen LogP contribution in [0.5, 0.6) is 0 Å². The van der Waals surface area contributed by atoms with Gasteiger partial charge in [-0.3, -0.25) is 4.79 Å². The van der Waals surface area contributed by atoms with Crippen molar-refractivity contribution in [2.75, 3.05) is 0 Å². The first-order valence-corrected chi connectivity index (χ1v) is 7.75. The lowest BCUT2D eigenvalue weighted by molar-refractivity contribution is -0.187. The summed E-state index contributed by atoms with van der Waals surface area (Å²) in [5.74, 6) is -2.03. The number of nitrogens with zero attached hydrogens (tertiary/aromatic N) is 1. The number of rotatable bonds is 3. The van der Waals surface area contributed by atoms with E-state index in [1.165, 1.54) is 16.7 Å². The number of carbonyl (C=O) groups is 1. The van der Waals surface area contributed by atoms with Gasteiger partial charge >= 0.3 is 6.18 Å². The third-order valence-corrected chi connectivity index (χ3v) is 4.69. The smallest absolute Gasteiger partial charge is 0.347 e. The number of nitrogens with two attached hydrogens (primary N) is 1. The number of hydrogen-bond donors (Lipinski definition) is 2. The van der Waals surface area contributed by atoms with Crippen molar-refractivity contribution in [1.29, 1.82) is 0 Å². The van der Waals surface area contributed by atoms with Gasteiger partial charge in [0.05, 0.1) is 12.0 Å². The van der Waals surface area contributed by atoms with Gasteiger partial charge in [0.15, 0.2) is 0 Å². The fourth-order valence-corrected chi connectivity index (χ4v) is 3.30. The van der Waals surface area contributed by atoms with E-state index in [0.717, 1.165) is 0 Å². The quantitative estimate of drug-likeness (QED) is 0.899. The lowest BCUT2D eigenvalue weighted by Gasteiger charge is -2.33. The summed E-state index contributed by atoms with van der Waals surface area (Å²) in [5, 5.41) is 4.61. The summed E-state index contributed by atoms with van der Waals surface area (Å²) < 4.78 is 38.9. The van der Waals surface area contributed by atoms with Gasteiger partial charge in [-0.15, -0.1) is 11.3 Å². The van der Waals surface area contributed by atoms with Crippen molar-refractivity contribution in [3.8, 4) is 0 Å². The fraction of sp³-hybridized carbons (Fsp3) is 0.692. The molecule has 0 bridgehead atoms. The molecular formula is C13H18F3N3OS. The van der Waals surface area contributed by atoms with E-state index in [9.17, 15) is 18.0 Å². The highest BCUT2D eigenvalue weighted by molar-refractivity contribution is 7.09. The van der Waals surface area contributed by atoms with Crippen LogP contribution in [-0.2, 0) is 0 Å². The molecule has 1 aromatic heterocycles. The molecule has 3 N–H and O–H groups in total. The van der Waals surface area contributed by atoms with Crippen molar-refractivity contribution in [2.24, 2.45) is 11.7 Å². The number of nitrogens with one attached hydrogen (secondary N) is 1. The van der Waals surface area contributed by atoms with Crippen LogP contribution in [-0.4, -0.2) is 23.1 Å². The summed E-state index contributed by atoms with van der Waals surface area (Å²) in [6.07, 6.45) is -2.63. The molecule has 0 saturated heterocycles. The summed E-state index contributed by atoms with van der Waals surface area (Å²) in [4.78, 5) is 16.1. The van der Waals surface area contributed by atoms with Gasteiger partial charge in [0.2, 0.25) is 0 Å². The molecule has 1 aromatic rings. The molecule has 3 unspecified atom stereocenters. The topological polar surface area (TPSA) is 68.0 Å². The van der Waals surface area contributed by atoms with Crippen LogP contribution < -0.4 is 11.1 Å². The molecule has 0 aliphatic heterocycles. The van der Waals surface area contributed by atoms with Gasteiger partial charge in [0.25, 0.3) is 5.91 Å². The number of hydrogen-bond acceptors (Lipinski definition) is 4. The van der Waals surface area contributed by atoms with Crippen LogP contribution in [0.3, 0.4) is 0 Å². The number of alkyl halides is 3. The Morgan fingerprint density at radius 1 is 1.48 bits per heavy atom. The molecule has 118 valence electrons. The predicted molar refractivity (Wildman–Crippen MR) is 74.0 cm³/mol. The van der Waals surface area contributed by atoms with E-state index in [1.54, 1.807) is 6.92 Å². The van der Waals surface area contributed by atoms with Crippen molar-refractivity contribution in [1.82, 2.24) is 10.3 Å². The molecular weight excluding hydrogens is 303 g/mol. The van der Waals surface area contributed by atoms with Crippen molar-refractivity contribution in [3.05, 3.63) is 16.1 Å². The Kier molecular flexibility index (Phi) is 4.88. The first-order chi connectivity index (χ1) is 9.79. The Morgan fingerprint density at radius 3 is 2.71 bits per heavy atom. The minimum absolute atomic E-state index is 0.0661. The molecule has 1 saturated carbocycles. The van der Waals surface area contributed by atoms with Gasteiger partial charge in [-0.2, -0.15) is 13.2 Å². The first-order valence-electron chi connectivity index (χ1n) is 6.87. The highest BCUT2D eigenvalue weighted by Gasteiger charge is 2.46. The highest BCUT2D eigenvalue weighted by Crippen LogP contribution is 2.37. The maximum atomic E-state index is 13.0. The van der Waals surface area contributed by atoms with Crippen molar-refractivity contribution >= 4 is 17.2 Å². The Labute approximate surface area is 124 Å². The lowest BCUT2D eigenvalue weighted by Crippen LogP contribution is -2.47. The third kappa shape index (κ3) is 3.94. The zero-order valence-electron chi connectivity index (χ0n) is 11.6. The Balaban J connectivity index is 2.06. The van der Waals surface area contributed by atoms with Crippen molar-refractivity contribution in [2.45, 2.75) is 50.9 Å². The zero-order chi connectivity index (χ0) is 15.6. The molecule has 1 amide bonds. The van der Waals surface area contributed by atoms with Crippen LogP contribution >= 0.6 is 11.3 Å². The van der Waals surface area contributed by atoms with E-state index in [2.05, 4.69) is 10.3 Å². The Hall–Kier alpha value is -1.15. The molecule has 1 heterocycles. The maximum Gasteiger partial charge on any atom is 0.393 e. The summed E-state index contributed by atoms with van der Waals surface area (Å²) in [6, 6.07) is -1.17. The fourth-order valence-electron chi connectivity index (χ4n) is 2.54. The second-order valence-electron chi connectivity index (χ2n) is 5.37. The zero-order valence-corrected chi connectivity index (χ0v) is 12.4. The lowest BCUT2D eigenvalue weighted by atomic mass is 9.84. The number of thiazole rings is 1. The summed E-state index contributed by atoms with van der Waals surface area (Å²) >= 11 is 1.24. The van der Waals surface area contributed by atoms with Crippen LogP contribution in [0.2, 0.25) is 0 Å². The molecule has 1 aliphatic rings. The van der Waals surface area contributed by atoms with Gasteiger partial charge in [-0.05, 0) is 19.8 Å². The first kappa shape index (κ1) is 16.2. The van der Waals surface area contributed by atoms with Crippen LogP contribution in [0.15, 0.2) is 5.38 Å². The van der Waals surface area contributed by atoms with E-state index < -0.39 is 24.0 Å². The number of halogens is 3. The number of carbonyl (C=O) groups excluding carboxylic acids is 1. The second-order valence-corrected chi connectivity index (χ2v) is 6.26. The standard InChI is InChI=1S/C13H18F3N3OS/c1-7(17)12-19-10(6-21-12)11(20)18-9-5-3-2-4-8(9)13(14,15)16/h6-9H,2-5,17H2,1H3,(H,18,20). The number of aromatic nitrogens is 1. The monoisotopic (exact) mass is 321 g/mol. The molecule has 8 heteroatoms. The maximum absolute atomic E-state index is 13.0. The normalized spacial score (nSPS) is 24.6. The van der Waals surface area contributed by atoms with E-state index in [1.807, 2.05) is 0 Å². The molecule has 2 rings (SSSR count). The average Bonchev–Trinajstić information content (AvgIpc) is 2.88. The van der Waals surface area contributed by atoms with Gasteiger partial charge in [0.1, 0.15) is 10.7 Å². The molecule has 4 nitrogen and oxygen atoms in total. The Bertz CT molecular complexity index is 501. The molecule has 0 spiro atoms. The minimum Gasteiger partial charge on any atom is -0.347 e. The van der Waals surface area contributed by atoms with Crippen LogP contribution in [0.25, 0.3) is 0 Å². The van der Waals surface area contributed by atoms with Gasteiger partial charge in [-0.1, -0.05) is 12.8 Å². The molecule has 0 aromatic carbocycles. The van der Waals surface area contributed by atoms with Gasteiger partial charge in [0, 0.05) is 11.4 Å². The third-order valence-electron chi connectivity index (χ3n) is 3.65. The van der Waals surface area contributed by atoms with Crippen molar-refractivity contribution < 1.29 is 18.0 Å². The molecule has 3 atom stereocenters. The van der Waals surface area contributed by atoms with E-state index in [-0.39, 0.29) is 18.2 Å². The summed E-state index contributed by atoms with van der Waals surface area (Å²) in [6.45, 7) is 1.74. The van der Waals surface area contributed by atoms with E-state index in [4.69, 9.17) is 5.73 Å². The Morgan fingerprint density at radius 2 is 2.14 bits per heavy atom. The van der Waals surface area contributed by atoms with Crippen LogP contribution in [0, 0.1) is 5.92 Å².